The molecule has 1 fully saturated rings. The number of hydrogen-bond acceptors (Lipinski definition) is 5. The minimum atomic E-state index is -0.420. The topological polar surface area (TPSA) is 91.4 Å². The lowest BCUT2D eigenvalue weighted by Crippen LogP contribution is -2.33. The number of hydrogen-bond donors (Lipinski definition) is 2. The number of ketones is 1. The summed E-state index contributed by atoms with van der Waals surface area (Å²) in [5.74, 6) is 0.826. The van der Waals surface area contributed by atoms with E-state index >= 15 is 0 Å². The Bertz CT molecular complexity index is 973. The second kappa shape index (κ2) is 10.0. The molecule has 7 heteroatoms. The van der Waals surface area contributed by atoms with Gasteiger partial charge in [0.2, 0.25) is 5.91 Å². The number of Topliss-reactive ketones (excluding diaryl/α,β-unsaturated/α-hetero) is 1. The highest BCUT2D eigenvalue weighted by Crippen LogP contribution is 2.22. The minimum Gasteiger partial charge on any atom is -0.357 e. The number of nitrogens with one attached hydrogen (secondary N) is 2. The van der Waals surface area contributed by atoms with Crippen molar-refractivity contribution in [1.29, 1.82) is 0 Å². The van der Waals surface area contributed by atoms with Crippen molar-refractivity contribution in [2.75, 3.05) is 28.6 Å². The molecule has 3 rings (SSSR count). The van der Waals surface area contributed by atoms with Gasteiger partial charge in [-0.2, -0.15) is 0 Å². The number of aromatic nitrogens is 1. The first kappa shape index (κ1) is 22.2. The van der Waals surface area contributed by atoms with Crippen molar-refractivity contribution < 1.29 is 14.4 Å². The van der Waals surface area contributed by atoms with Gasteiger partial charge in [-0.3, -0.25) is 14.4 Å². The summed E-state index contributed by atoms with van der Waals surface area (Å²) >= 11 is 0. The van der Waals surface area contributed by atoms with Crippen LogP contribution in [0.4, 0.5) is 17.2 Å². The first-order chi connectivity index (χ1) is 14.8. The number of piperidine rings is 1. The van der Waals surface area contributed by atoms with Crippen molar-refractivity contribution >= 4 is 34.8 Å². The molecule has 0 radical (unpaired) electrons. The van der Waals surface area contributed by atoms with E-state index in [2.05, 4.69) is 27.4 Å². The molecule has 1 aliphatic heterocycles. The molecule has 162 valence electrons. The highest BCUT2D eigenvalue weighted by atomic mass is 16.2. The van der Waals surface area contributed by atoms with Crippen molar-refractivity contribution in [2.45, 2.75) is 33.6 Å². The van der Waals surface area contributed by atoms with Crippen molar-refractivity contribution in [3.8, 4) is 0 Å². The van der Waals surface area contributed by atoms with Crippen molar-refractivity contribution in [3.63, 3.8) is 0 Å². The fourth-order valence-electron chi connectivity index (χ4n) is 3.34. The van der Waals surface area contributed by atoms with Crippen LogP contribution in [0, 0.1) is 5.92 Å². The van der Waals surface area contributed by atoms with Gasteiger partial charge in [0.25, 0.3) is 5.91 Å². The maximum absolute atomic E-state index is 12.4. The Hall–Kier alpha value is -3.48. The van der Waals surface area contributed by atoms with Gasteiger partial charge in [0.05, 0.1) is 11.9 Å². The van der Waals surface area contributed by atoms with Crippen LogP contribution in [-0.4, -0.2) is 35.7 Å². The summed E-state index contributed by atoms with van der Waals surface area (Å²) in [5.41, 5.74) is 1.96. The minimum absolute atomic E-state index is 0.0432. The summed E-state index contributed by atoms with van der Waals surface area (Å²) in [6.45, 7) is 7.31. The zero-order chi connectivity index (χ0) is 22.4. The summed E-state index contributed by atoms with van der Waals surface area (Å²) in [6, 6.07) is 10.3. The fourth-order valence-corrected chi connectivity index (χ4v) is 3.34. The maximum atomic E-state index is 12.4. The number of carbonyl (C=O) groups is 3. The molecule has 0 bridgehead atoms. The van der Waals surface area contributed by atoms with Gasteiger partial charge >= 0.3 is 0 Å². The van der Waals surface area contributed by atoms with E-state index < -0.39 is 5.91 Å². The van der Waals surface area contributed by atoms with Crippen LogP contribution in [0.2, 0.25) is 0 Å². The quantitative estimate of drug-likeness (QED) is 0.544. The Morgan fingerprint density at radius 1 is 0.968 bits per heavy atom. The number of nitrogens with zero attached hydrogens (tertiary/aromatic N) is 2. The van der Waals surface area contributed by atoms with Crippen molar-refractivity contribution in [3.05, 3.63) is 59.8 Å². The van der Waals surface area contributed by atoms with Gasteiger partial charge in [-0.1, -0.05) is 6.92 Å². The van der Waals surface area contributed by atoms with E-state index in [4.69, 9.17) is 0 Å². The Kier molecular flexibility index (Phi) is 7.18. The predicted octanol–water partition coefficient (Wildman–Crippen LogP) is 4.04. The molecule has 0 spiro atoms. The molecule has 0 aliphatic carbocycles. The van der Waals surface area contributed by atoms with Gasteiger partial charge < -0.3 is 15.5 Å². The van der Waals surface area contributed by atoms with E-state index in [-0.39, 0.29) is 17.3 Å². The van der Waals surface area contributed by atoms with Crippen LogP contribution < -0.4 is 15.5 Å². The number of amides is 2. The summed E-state index contributed by atoms with van der Waals surface area (Å²) in [4.78, 5) is 42.6. The number of rotatable bonds is 6. The number of carbonyl (C=O) groups excluding carboxylic acids is 3. The lowest BCUT2D eigenvalue weighted by atomic mass is 9.99. The summed E-state index contributed by atoms with van der Waals surface area (Å²) < 4.78 is 0. The Morgan fingerprint density at radius 3 is 2.19 bits per heavy atom. The van der Waals surface area contributed by atoms with E-state index in [9.17, 15) is 14.4 Å². The molecular weight excluding hydrogens is 392 g/mol. The molecule has 31 heavy (non-hydrogen) atoms. The third kappa shape index (κ3) is 6.25. The first-order valence-corrected chi connectivity index (χ1v) is 10.4. The molecule has 0 unspecified atom stereocenters. The molecule has 1 aromatic heterocycles. The van der Waals surface area contributed by atoms with Crippen LogP contribution in [0.1, 0.15) is 44.0 Å². The van der Waals surface area contributed by atoms with E-state index in [1.54, 1.807) is 37.4 Å². The monoisotopic (exact) mass is 420 g/mol. The van der Waals surface area contributed by atoms with Crippen LogP contribution >= 0.6 is 0 Å². The average molecular weight is 421 g/mol. The molecule has 1 aliphatic rings. The highest BCUT2D eigenvalue weighted by molar-refractivity contribution is 6.10. The van der Waals surface area contributed by atoms with E-state index in [0.29, 0.717) is 16.9 Å². The third-order valence-electron chi connectivity index (χ3n) is 5.38. The Labute approximate surface area is 182 Å². The van der Waals surface area contributed by atoms with E-state index in [1.807, 2.05) is 12.1 Å². The highest BCUT2D eigenvalue weighted by Gasteiger charge is 2.17. The Morgan fingerprint density at radius 2 is 1.61 bits per heavy atom. The largest absolute Gasteiger partial charge is 0.357 e. The zero-order valence-electron chi connectivity index (χ0n) is 18.1. The number of pyridine rings is 1. The van der Waals surface area contributed by atoms with Crippen molar-refractivity contribution in [2.24, 2.45) is 5.92 Å². The first-order valence-electron chi connectivity index (χ1n) is 10.4. The second-order valence-corrected chi connectivity index (χ2v) is 7.98. The maximum Gasteiger partial charge on any atom is 0.251 e. The molecule has 2 amide bonds. The number of anilines is 3. The molecule has 2 heterocycles. The normalized spacial score (nSPS) is 14.8. The van der Waals surface area contributed by atoms with Crippen LogP contribution in [0.25, 0.3) is 0 Å². The van der Waals surface area contributed by atoms with Gasteiger partial charge in [-0.05, 0) is 69.0 Å². The predicted molar refractivity (Wildman–Crippen MR) is 122 cm³/mol. The molecule has 0 saturated carbocycles. The van der Waals surface area contributed by atoms with Crippen molar-refractivity contribution in [1.82, 2.24) is 4.98 Å². The average Bonchev–Trinajstić information content (AvgIpc) is 2.75. The van der Waals surface area contributed by atoms with Crippen LogP contribution in [0.5, 0.6) is 0 Å². The molecule has 2 N–H and O–H groups in total. The molecular formula is C24H28N4O3. The molecule has 7 nitrogen and oxygen atoms in total. The van der Waals surface area contributed by atoms with Gasteiger partial charge in [0.15, 0.2) is 5.78 Å². The standard InChI is InChI=1S/C24H28N4O3/c1-16-10-12-28(13-11-16)22-9-8-21(15-25-22)27-24(31)17(2)14-23(30)26-20-6-4-19(5-7-20)18(3)29/h4-9,14-16H,10-13H2,1-3H3,(H,26,30)(H,27,31)/b17-14+. The van der Waals surface area contributed by atoms with E-state index in [0.717, 1.165) is 37.7 Å². The van der Waals surface area contributed by atoms with Gasteiger partial charge in [-0.15, -0.1) is 0 Å². The lowest BCUT2D eigenvalue weighted by molar-refractivity contribution is -0.114. The molecule has 2 aromatic rings. The van der Waals surface area contributed by atoms with Crippen LogP contribution in [-0.2, 0) is 9.59 Å². The molecule has 1 aromatic carbocycles. The van der Waals surface area contributed by atoms with Crippen LogP contribution in [0.15, 0.2) is 54.2 Å². The SMILES string of the molecule is CC(=O)c1ccc(NC(=O)/C=C(\C)C(=O)Nc2ccc(N3CCC(C)CC3)nc2)cc1. The van der Waals surface area contributed by atoms with Gasteiger partial charge in [-0.25, -0.2) is 4.98 Å². The zero-order valence-corrected chi connectivity index (χ0v) is 18.1. The molecule has 0 atom stereocenters. The summed E-state index contributed by atoms with van der Waals surface area (Å²) in [5, 5.41) is 5.44. The summed E-state index contributed by atoms with van der Waals surface area (Å²) in [6.07, 6.45) is 5.19. The van der Waals surface area contributed by atoms with Crippen LogP contribution in [0.3, 0.4) is 0 Å². The van der Waals surface area contributed by atoms with Gasteiger partial charge in [0.1, 0.15) is 5.82 Å². The van der Waals surface area contributed by atoms with E-state index in [1.165, 1.54) is 13.0 Å². The lowest BCUT2D eigenvalue weighted by Gasteiger charge is -2.31. The fraction of sp³-hybridized carbons (Fsp3) is 0.333. The smallest absolute Gasteiger partial charge is 0.251 e. The number of benzene rings is 1. The van der Waals surface area contributed by atoms with Gasteiger partial charge in [0, 0.05) is 36.0 Å². The second-order valence-electron chi connectivity index (χ2n) is 7.98. The Balaban J connectivity index is 1.54. The summed E-state index contributed by atoms with van der Waals surface area (Å²) in [7, 11) is 0. The molecule has 1 saturated heterocycles. The third-order valence-corrected chi connectivity index (χ3v) is 5.38.